The summed E-state index contributed by atoms with van der Waals surface area (Å²) in [5.41, 5.74) is -0.611. The molecule has 0 bridgehead atoms. The Morgan fingerprint density at radius 2 is 1.94 bits per heavy atom. The standard InChI is InChI=1S/C25H19F2N7O2/c1-16(25(36,13-32-15-29-14-30-32)20-7-6-19(26)10-21(20)27)33-9-8-23-31-22(12-34(23)24(33)35)18-4-2-17(11-28)3-5-18/h2-10,12,14-16,36H,13H2,1H3. The Balaban J connectivity index is 1.61. The Bertz CT molecular complexity index is 1650. The molecule has 2 unspecified atom stereocenters. The van der Waals surface area contributed by atoms with E-state index in [9.17, 15) is 18.7 Å². The van der Waals surface area contributed by atoms with Crippen molar-refractivity contribution in [3.8, 4) is 17.3 Å². The van der Waals surface area contributed by atoms with E-state index in [1.54, 1.807) is 43.5 Å². The van der Waals surface area contributed by atoms with Gasteiger partial charge in [0.2, 0.25) is 0 Å². The van der Waals surface area contributed by atoms with Gasteiger partial charge in [-0.05, 0) is 31.2 Å². The number of halogens is 2. The molecular weight excluding hydrogens is 468 g/mol. The number of aliphatic hydroxyl groups is 1. The highest BCUT2D eigenvalue weighted by Gasteiger charge is 2.41. The zero-order valence-electron chi connectivity index (χ0n) is 19.0. The van der Waals surface area contributed by atoms with E-state index in [-0.39, 0.29) is 12.1 Å². The highest BCUT2D eigenvalue weighted by Crippen LogP contribution is 2.36. The summed E-state index contributed by atoms with van der Waals surface area (Å²) in [5, 5.41) is 24.8. The number of hydrogen-bond acceptors (Lipinski definition) is 6. The van der Waals surface area contributed by atoms with Crippen molar-refractivity contribution < 1.29 is 13.9 Å². The predicted octanol–water partition coefficient (Wildman–Crippen LogP) is 3.05. The van der Waals surface area contributed by atoms with E-state index < -0.39 is 29.0 Å². The quantitative estimate of drug-likeness (QED) is 0.394. The number of benzene rings is 2. The van der Waals surface area contributed by atoms with Crippen molar-refractivity contribution in [1.29, 1.82) is 5.26 Å². The first-order chi connectivity index (χ1) is 17.3. The molecule has 11 heteroatoms. The van der Waals surface area contributed by atoms with Gasteiger partial charge in [-0.3, -0.25) is 8.97 Å². The molecule has 3 heterocycles. The SMILES string of the molecule is CC(n1ccc2nc(-c3ccc(C#N)cc3)cn2c1=O)C(O)(Cn1cncn1)c1ccc(F)cc1F. The van der Waals surface area contributed by atoms with Crippen LogP contribution >= 0.6 is 0 Å². The first-order valence-corrected chi connectivity index (χ1v) is 10.9. The first-order valence-electron chi connectivity index (χ1n) is 10.9. The Labute approximate surface area is 203 Å². The maximum atomic E-state index is 14.9. The van der Waals surface area contributed by atoms with Crippen molar-refractivity contribution in [2.24, 2.45) is 0 Å². The van der Waals surface area contributed by atoms with Crippen molar-refractivity contribution in [1.82, 2.24) is 28.7 Å². The summed E-state index contributed by atoms with van der Waals surface area (Å²) < 4.78 is 32.4. The zero-order valence-corrected chi connectivity index (χ0v) is 19.0. The lowest BCUT2D eigenvalue weighted by atomic mass is 9.86. The highest BCUT2D eigenvalue weighted by atomic mass is 19.1. The van der Waals surface area contributed by atoms with Crippen molar-refractivity contribution in [3.05, 3.63) is 107 Å². The van der Waals surface area contributed by atoms with Crippen LogP contribution in [0.2, 0.25) is 0 Å². The van der Waals surface area contributed by atoms with Gasteiger partial charge in [-0.2, -0.15) is 10.4 Å². The van der Waals surface area contributed by atoms with Gasteiger partial charge in [0, 0.05) is 29.6 Å². The second kappa shape index (κ2) is 8.83. The summed E-state index contributed by atoms with van der Waals surface area (Å²) in [7, 11) is 0. The summed E-state index contributed by atoms with van der Waals surface area (Å²) in [6.07, 6.45) is 5.63. The lowest BCUT2D eigenvalue weighted by Gasteiger charge is -2.35. The van der Waals surface area contributed by atoms with E-state index >= 15 is 0 Å². The van der Waals surface area contributed by atoms with E-state index in [1.807, 2.05) is 0 Å². The molecule has 180 valence electrons. The molecule has 0 amide bonds. The summed E-state index contributed by atoms with van der Waals surface area (Å²) in [4.78, 5) is 21.8. The number of aromatic nitrogens is 6. The Morgan fingerprint density at radius 1 is 1.17 bits per heavy atom. The molecule has 0 aliphatic heterocycles. The average Bonchev–Trinajstić information content (AvgIpc) is 3.54. The molecule has 3 aromatic heterocycles. The average molecular weight is 487 g/mol. The second-order valence-corrected chi connectivity index (χ2v) is 8.37. The fourth-order valence-electron chi connectivity index (χ4n) is 4.22. The third-order valence-corrected chi connectivity index (χ3v) is 6.23. The van der Waals surface area contributed by atoms with Gasteiger partial charge in [0.15, 0.2) is 0 Å². The van der Waals surface area contributed by atoms with E-state index in [0.29, 0.717) is 28.5 Å². The molecule has 9 nitrogen and oxygen atoms in total. The third kappa shape index (κ3) is 3.93. The van der Waals surface area contributed by atoms with Gasteiger partial charge in [0.25, 0.3) is 0 Å². The fourth-order valence-corrected chi connectivity index (χ4v) is 4.22. The van der Waals surface area contributed by atoms with E-state index in [0.717, 1.165) is 12.1 Å². The molecule has 0 saturated carbocycles. The summed E-state index contributed by atoms with van der Waals surface area (Å²) in [5.74, 6) is -1.75. The van der Waals surface area contributed by atoms with Gasteiger partial charge in [-0.25, -0.2) is 28.2 Å². The van der Waals surface area contributed by atoms with Crippen LogP contribution in [0.15, 0.2) is 78.4 Å². The molecule has 1 N–H and O–H groups in total. The maximum Gasteiger partial charge on any atom is 0.334 e. The minimum Gasteiger partial charge on any atom is -0.381 e. The van der Waals surface area contributed by atoms with Crippen LogP contribution in [-0.2, 0) is 12.1 Å². The molecule has 0 aliphatic carbocycles. The molecule has 0 aliphatic rings. The minimum atomic E-state index is -2.00. The second-order valence-electron chi connectivity index (χ2n) is 8.37. The zero-order chi connectivity index (χ0) is 25.4. The number of imidazole rings is 1. The number of hydrogen-bond donors (Lipinski definition) is 1. The first kappa shape index (κ1) is 23.1. The normalized spacial score (nSPS) is 13.9. The number of nitriles is 1. The van der Waals surface area contributed by atoms with Crippen LogP contribution in [0.3, 0.4) is 0 Å². The topological polar surface area (TPSA) is 114 Å². The van der Waals surface area contributed by atoms with Crippen LogP contribution in [0.25, 0.3) is 16.9 Å². The smallest absolute Gasteiger partial charge is 0.334 e. The van der Waals surface area contributed by atoms with Crippen molar-refractivity contribution in [2.75, 3.05) is 0 Å². The Kier molecular flexibility index (Phi) is 5.66. The number of rotatable bonds is 6. The van der Waals surface area contributed by atoms with Gasteiger partial charge in [-0.1, -0.05) is 18.2 Å². The monoisotopic (exact) mass is 487 g/mol. The molecule has 2 atom stereocenters. The molecule has 2 aromatic carbocycles. The van der Waals surface area contributed by atoms with Gasteiger partial charge in [0.1, 0.15) is 35.5 Å². The van der Waals surface area contributed by atoms with Crippen LogP contribution in [0, 0.1) is 23.0 Å². The van der Waals surface area contributed by atoms with E-state index in [2.05, 4.69) is 21.1 Å². The number of nitrogens with zero attached hydrogens (tertiary/aromatic N) is 7. The van der Waals surface area contributed by atoms with Gasteiger partial charge < -0.3 is 5.11 Å². The predicted molar refractivity (Wildman–Crippen MR) is 125 cm³/mol. The van der Waals surface area contributed by atoms with Crippen LogP contribution < -0.4 is 5.69 Å². The number of fused-ring (bicyclic) bond motifs is 1. The molecule has 0 fully saturated rings. The molecule has 0 radical (unpaired) electrons. The van der Waals surface area contributed by atoms with E-state index in [1.165, 1.54) is 32.5 Å². The summed E-state index contributed by atoms with van der Waals surface area (Å²) >= 11 is 0. The largest absolute Gasteiger partial charge is 0.381 e. The summed E-state index contributed by atoms with van der Waals surface area (Å²) in [6.45, 7) is 1.31. The van der Waals surface area contributed by atoms with Crippen molar-refractivity contribution in [2.45, 2.75) is 25.1 Å². The van der Waals surface area contributed by atoms with Crippen molar-refractivity contribution >= 4 is 5.65 Å². The highest BCUT2D eigenvalue weighted by molar-refractivity contribution is 5.63. The van der Waals surface area contributed by atoms with Gasteiger partial charge in [-0.15, -0.1) is 0 Å². The van der Waals surface area contributed by atoms with Gasteiger partial charge >= 0.3 is 5.69 Å². The van der Waals surface area contributed by atoms with Crippen molar-refractivity contribution in [3.63, 3.8) is 0 Å². The molecule has 5 rings (SSSR count). The Morgan fingerprint density at radius 3 is 2.61 bits per heavy atom. The lowest BCUT2D eigenvalue weighted by Crippen LogP contribution is -2.44. The van der Waals surface area contributed by atoms with Crippen LogP contribution in [0.4, 0.5) is 8.78 Å². The van der Waals surface area contributed by atoms with Crippen LogP contribution in [0.5, 0.6) is 0 Å². The molecule has 5 aromatic rings. The lowest BCUT2D eigenvalue weighted by molar-refractivity contribution is -0.0346. The molecule has 36 heavy (non-hydrogen) atoms. The molecule has 0 spiro atoms. The van der Waals surface area contributed by atoms with Gasteiger partial charge in [0.05, 0.1) is 29.9 Å². The molecular formula is C25H19F2N7O2. The maximum absolute atomic E-state index is 14.9. The fraction of sp³-hybridized carbons (Fsp3) is 0.160. The third-order valence-electron chi connectivity index (χ3n) is 6.23. The summed E-state index contributed by atoms with van der Waals surface area (Å²) in [6, 6.07) is 12.3. The Hall–Kier alpha value is -4.69. The van der Waals surface area contributed by atoms with Crippen LogP contribution in [-0.4, -0.2) is 33.8 Å². The minimum absolute atomic E-state index is 0.192. The van der Waals surface area contributed by atoms with E-state index in [4.69, 9.17) is 5.26 Å². The van der Waals surface area contributed by atoms with Crippen LogP contribution in [0.1, 0.15) is 24.1 Å². The molecule has 0 saturated heterocycles.